The minimum Gasteiger partial charge on any atom is -0.489 e. The summed E-state index contributed by atoms with van der Waals surface area (Å²) in [6.45, 7) is 7.59. The molecular formula is C21H26N2O3. The Bertz CT molecular complexity index is 771. The van der Waals surface area contributed by atoms with Gasteiger partial charge in [0.05, 0.1) is 11.8 Å². The van der Waals surface area contributed by atoms with E-state index in [1.165, 1.54) is 6.92 Å². The maximum absolute atomic E-state index is 12.3. The summed E-state index contributed by atoms with van der Waals surface area (Å²) in [7, 11) is 0. The second kappa shape index (κ2) is 9.04. The fourth-order valence-electron chi connectivity index (χ4n) is 2.62. The molecule has 0 heterocycles. The molecule has 0 atom stereocenters. The third-order valence-corrected chi connectivity index (χ3v) is 3.88. The van der Waals surface area contributed by atoms with Gasteiger partial charge in [0, 0.05) is 25.6 Å². The molecule has 0 unspecified atom stereocenters. The molecule has 0 aliphatic heterocycles. The molecule has 0 aliphatic rings. The summed E-state index contributed by atoms with van der Waals surface area (Å²) in [6, 6.07) is 15.0. The smallest absolute Gasteiger partial charge is 0.226 e. The highest BCUT2D eigenvalue weighted by Gasteiger charge is 2.18. The first-order valence-corrected chi connectivity index (χ1v) is 8.77. The summed E-state index contributed by atoms with van der Waals surface area (Å²) < 4.78 is 5.80. The van der Waals surface area contributed by atoms with Crippen LogP contribution in [0, 0.1) is 6.92 Å². The van der Waals surface area contributed by atoms with E-state index in [1.54, 1.807) is 4.90 Å². The third-order valence-electron chi connectivity index (χ3n) is 3.88. The van der Waals surface area contributed by atoms with Crippen LogP contribution in [0.1, 0.15) is 32.8 Å². The summed E-state index contributed by atoms with van der Waals surface area (Å²) in [5, 5.41) is 2.89. The molecule has 0 saturated heterocycles. The Labute approximate surface area is 155 Å². The van der Waals surface area contributed by atoms with E-state index in [9.17, 15) is 9.59 Å². The van der Waals surface area contributed by atoms with Crippen LogP contribution < -0.4 is 15.0 Å². The average molecular weight is 354 g/mol. The lowest BCUT2D eigenvalue weighted by atomic mass is 10.2. The van der Waals surface area contributed by atoms with Crippen molar-refractivity contribution in [3.05, 3.63) is 54.1 Å². The van der Waals surface area contributed by atoms with Crippen molar-refractivity contribution in [3.63, 3.8) is 0 Å². The van der Waals surface area contributed by atoms with E-state index in [0.717, 1.165) is 11.3 Å². The van der Waals surface area contributed by atoms with Crippen LogP contribution in [0.15, 0.2) is 48.5 Å². The Kier molecular flexibility index (Phi) is 6.78. The Morgan fingerprint density at radius 2 is 1.73 bits per heavy atom. The normalized spacial score (nSPS) is 10.5. The van der Waals surface area contributed by atoms with Crippen LogP contribution in [-0.2, 0) is 9.59 Å². The highest BCUT2D eigenvalue weighted by atomic mass is 16.5. The third kappa shape index (κ3) is 5.34. The Morgan fingerprint density at radius 1 is 1.08 bits per heavy atom. The second-order valence-electron chi connectivity index (χ2n) is 6.42. The van der Waals surface area contributed by atoms with Gasteiger partial charge in [0.15, 0.2) is 0 Å². The number of hydrogen-bond donors (Lipinski definition) is 1. The molecule has 138 valence electrons. The Balaban J connectivity index is 2.09. The lowest BCUT2D eigenvalue weighted by Gasteiger charge is -2.24. The summed E-state index contributed by atoms with van der Waals surface area (Å²) in [6.07, 6.45) is 0.193. The number of rotatable bonds is 7. The standard InChI is InChI=1S/C21H26N2O3/c1-15(2)26-20-12-8-7-11-19(20)23(17(4)24)14-13-21(25)22-18-10-6-5-9-16(18)3/h5-12,15H,13-14H2,1-4H3,(H,22,25). The maximum Gasteiger partial charge on any atom is 0.226 e. The number of amides is 2. The van der Waals surface area contributed by atoms with Crippen molar-refractivity contribution < 1.29 is 14.3 Å². The predicted octanol–water partition coefficient (Wildman–Crippen LogP) is 4.16. The van der Waals surface area contributed by atoms with Crippen LogP contribution >= 0.6 is 0 Å². The minimum atomic E-state index is -0.132. The number of nitrogens with one attached hydrogen (secondary N) is 1. The van der Waals surface area contributed by atoms with Gasteiger partial charge in [0.2, 0.25) is 11.8 Å². The Morgan fingerprint density at radius 3 is 2.38 bits per heavy atom. The summed E-state index contributed by atoms with van der Waals surface area (Å²) >= 11 is 0. The van der Waals surface area contributed by atoms with E-state index in [0.29, 0.717) is 11.4 Å². The zero-order valence-corrected chi connectivity index (χ0v) is 15.8. The topological polar surface area (TPSA) is 58.6 Å². The molecule has 0 fully saturated rings. The van der Waals surface area contributed by atoms with Gasteiger partial charge in [-0.05, 0) is 44.5 Å². The number of benzene rings is 2. The predicted molar refractivity (Wildman–Crippen MR) is 105 cm³/mol. The molecule has 5 nitrogen and oxygen atoms in total. The molecule has 2 aromatic carbocycles. The quantitative estimate of drug-likeness (QED) is 0.812. The molecule has 0 radical (unpaired) electrons. The number of ether oxygens (including phenoxy) is 1. The lowest BCUT2D eigenvalue weighted by Crippen LogP contribution is -2.32. The molecule has 0 aromatic heterocycles. The van der Waals surface area contributed by atoms with E-state index in [1.807, 2.05) is 69.3 Å². The van der Waals surface area contributed by atoms with Crippen molar-refractivity contribution in [2.75, 3.05) is 16.8 Å². The van der Waals surface area contributed by atoms with Crippen molar-refractivity contribution in [2.45, 2.75) is 40.2 Å². The fourth-order valence-corrected chi connectivity index (χ4v) is 2.62. The van der Waals surface area contributed by atoms with Crippen molar-refractivity contribution in [1.29, 1.82) is 0 Å². The lowest BCUT2D eigenvalue weighted by molar-refractivity contribution is -0.117. The van der Waals surface area contributed by atoms with Crippen LogP contribution in [0.25, 0.3) is 0 Å². The van der Waals surface area contributed by atoms with Gasteiger partial charge in [0.1, 0.15) is 5.75 Å². The first kappa shape index (κ1) is 19.5. The summed E-state index contributed by atoms with van der Waals surface area (Å²) in [5.41, 5.74) is 2.47. The average Bonchev–Trinajstić information content (AvgIpc) is 2.58. The number of nitrogens with zero attached hydrogens (tertiary/aromatic N) is 1. The fraction of sp³-hybridized carbons (Fsp3) is 0.333. The molecule has 0 spiro atoms. The number of carbonyl (C=O) groups is 2. The zero-order valence-electron chi connectivity index (χ0n) is 15.8. The SMILES string of the molecule is CC(=O)N(CCC(=O)Nc1ccccc1C)c1ccccc1OC(C)C. The van der Waals surface area contributed by atoms with E-state index in [2.05, 4.69) is 5.32 Å². The van der Waals surface area contributed by atoms with Gasteiger partial charge in [-0.1, -0.05) is 30.3 Å². The molecule has 1 N–H and O–H groups in total. The molecular weight excluding hydrogens is 328 g/mol. The van der Waals surface area contributed by atoms with Crippen LogP contribution in [0.5, 0.6) is 5.75 Å². The molecule has 2 amide bonds. The van der Waals surface area contributed by atoms with Gasteiger partial charge in [-0.25, -0.2) is 0 Å². The molecule has 0 aliphatic carbocycles. The van der Waals surface area contributed by atoms with Crippen molar-refractivity contribution in [3.8, 4) is 5.75 Å². The van der Waals surface area contributed by atoms with E-state index >= 15 is 0 Å². The summed E-state index contributed by atoms with van der Waals surface area (Å²) in [4.78, 5) is 26.0. The number of anilines is 2. The number of para-hydroxylation sites is 3. The van der Waals surface area contributed by atoms with Gasteiger partial charge in [-0.2, -0.15) is 0 Å². The minimum absolute atomic E-state index is 0.00527. The monoisotopic (exact) mass is 354 g/mol. The van der Waals surface area contributed by atoms with Gasteiger partial charge < -0.3 is 15.0 Å². The van der Waals surface area contributed by atoms with E-state index < -0.39 is 0 Å². The highest BCUT2D eigenvalue weighted by Crippen LogP contribution is 2.29. The van der Waals surface area contributed by atoms with Gasteiger partial charge in [0.25, 0.3) is 0 Å². The number of carbonyl (C=O) groups excluding carboxylic acids is 2. The van der Waals surface area contributed by atoms with Gasteiger partial charge in [-0.15, -0.1) is 0 Å². The molecule has 2 aromatic rings. The van der Waals surface area contributed by atoms with Gasteiger partial charge >= 0.3 is 0 Å². The van der Waals surface area contributed by atoms with Crippen LogP contribution in [-0.4, -0.2) is 24.5 Å². The van der Waals surface area contributed by atoms with Crippen molar-refractivity contribution >= 4 is 23.2 Å². The van der Waals surface area contributed by atoms with Crippen molar-refractivity contribution in [2.24, 2.45) is 0 Å². The van der Waals surface area contributed by atoms with E-state index in [-0.39, 0.29) is 30.9 Å². The maximum atomic E-state index is 12.3. The summed E-state index contributed by atoms with van der Waals surface area (Å²) in [5.74, 6) is 0.373. The first-order chi connectivity index (χ1) is 12.4. The molecule has 0 bridgehead atoms. The highest BCUT2D eigenvalue weighted by molar-refractivity contribution is 5.96. The van der Waals surface area contributed by atoms with E-state index in [4.69, 9.17) is 4.74 Å². The van der Waals surface area contributed by atoms with Crippen LogP contribution in [0.3, 0.4) is 0 Å². The van der Waals surface area contributed by atoms with Gasteiger partial charge in [-0.3, -0.25) is 9.59 Å². The Hall–Kier alpha value is -2.82. The zero-order chi connectivity index (χ0) is 19.1. The second-order valence-corrected chi connectivity index (χ2v) is 6.42. The molecule has 5 heteroatoms. The first-order valence-electron chi connectivity index (χ1n) is 8.77. The van der Waals surface area contributed by atoms with Crippen molar-refractivity contribution in [1.82, 2.24) is 0 Å². The van der Waals surface area contributed by atoms with Crippen LogP contribution in [0.2, 0.25) is 0 Å². The van der Waals surface area contributed by atoms with Crippen LogP contribution in [0.4, 0.5) is 11.4 Å². The molecule has 0 saturated carbocycles. The number of aryl methyl sites for hydroxylation is 1. The molecule has 26 heavy (non-hydrogen) atoms. The largest absolute Gasteiger partial charge is 0.489 e. The number of hydrogen-bond acceptors (Lipinski definition) is 3. The molecule has 2 rings (SSSR count).